The third-order valence-corrected chi connectivity index (χ3v) is 4.72. The van der Waals surface area contributed by atoms with Crippen LogP contribution in [0.2, 0.25) is 0 Å². The molecule has 1 aliphatic carbocycles. The third-order valence-electron chi connectivity index (χ3n) is 4.72. The van der Waals surface area contributed by atoms with E-state index in [0.29, 0.717) is 18.2 Å². The fourth-order valence-electron chi connectivity index (χ4n) is 3.16. The van der Waals surface area contributed by atoms with Crippen molar-refractivity contribution in [3.8, 4) is 0 Å². The van der Waals surface area contributed by atoms with Gasteiger partial charge >= 0.3 is 0 Å². The lowest BCUT2D eigenvalue weighted by atomic mass is 9.85. The number of carbonyl (C=O) groups excluding carboxylic acids is 1. The number of hydrogen-bond acceptors (Lipinski definition) is 2. The molecular formula is C19H20N2O2. The molecular weight excluding hydrogens is 288 g/mol. The van der Waals surface area contributed by atoms with Crippen LogP contribution in [0.15, 0.2) is 53.1 Å². The molecule has 0 aliphatic heterocycles. The molecule has 1 N–H and O–H groups in total. The van der Waals surface area contributed by atoms with Gasteiger partial charge in [0, 0.05) is 25.2 Å². The standard InChI is InChI=1S/C19H20N2O2/c22-19(20-12-14-5-2-1-3-6-14)17-11-18-16(9-10-23-18)21(17)13-15-7-4-8-15/h1-3,5-6,9-11,15H,4,7-8,12-13H2,(H,20,22). The quantitative estimate of drug-likeness (QED) is 0.775. The average molecular weight is 308 g/mol. The van der Waals surface area contributed by atoms with E-state index in [1.165, 1.54) is 19.3 Å². The van der Waals surface area contributed by atoms with Crippen LogP contribution < -0.4 is 5.32 Å². The molecule has 4 heteroatoms. The summed E-state index contributed by atoms with van der Waals surface area (Å²) in [6.45, 7) is 1.44. The number of amides is 1. The first-order valence-corrected chi connectivity index (χ1v) is 8.20. The van der Waals surface area contributed by atoms with E-state index in [1.807, 2.05) is 42.5 Å². The van der Waals surface area contributed by atoms with Gasteiger partial charge in [0.25, 0.3) is 5.91 Å². The van der Waals surface area contributed by atoms with Gasteiger partial charge < -0.3 is 14.3 Å². The Morgan fingerprint density at radius 1 is 1.22 bits per heavy atom. The van der Waals surface area contributed by atoms with Crippen molar-refractivity contribution in [3.05, 3.63) is 60.0 Å². The predicted molar refractivity (Wildman–Crippen MR) is 89.2 cm³/mol. The van der Waals surface area contributed by atoms with Gasteiger partial charge in [0.05, 0.1) is 11.8 Å². The van der Waals surface area contributed by atoms with E-state index >= 15 is 0 Å². The summed E-state index contributed by atoms with van der Waals surface area (Å²) in [4.78, 5) is 12.6. The molecule has 0 saturated heterocycles. The molecule has 1 aliphatic rings. The molecule has 118 valence electrons. The minimum absolute atomic E-state index is 0.0421. The van der Waals surface area contributed by atoms with Gasteiger partial charge in [0.15, 0.2) is 5.58 Å². The molecule has 4 nitrogen and oxygen atoms in total. The van der Waals surface area contributed by atoms with Crippen LogP contribution in [-0.4, -0.2) is 10.5 Å². The first kappa shape index (κ1) is 14.1. The van der Waals surface area contributed by atoms with Crippen LogP contribution in [-0.2, 0) is 13.1 Å². The van der Waals surface area contributed by atoms with Crippen molar-refractivity contribution >= 4 is 17.0 Å². The molecule has 0 atom stereocenters. The van der Waals surface area contributed by atoms with Crippen LogP contribution in [0.1, 0.15) is 35.3 Å². The van der Waals surface area contributed by atoms with Crippen LogP contribution in [0.4, 0.5) is 0 Å². The summed E-state index contributed by atoms with van der Waals surface area (Å²) < 4.78 is 7.60. The summed E-state index contributed by atoms with van der Waals surface area (Å²) in [6.07, 6.45) is 5.49. The summed E-state index contributed by atoms with van der Waals surface area (Å²) in [7, 11) is 0. The maximum absolute atomic E-state index is 12.6. The number of carbonyl (C=O) groups is 1. The first-order valence-electron chi connectivity index (χ1n) is 8.20. The number of nitrogens with one attached hydrogen (secondary N) is 1. The van der Waals surface area contributed by atoms with E-state index in [4.69, 9.17) is 4.42 Å². The molecule has 1 amide bonds. The van der Waals surface area contributed by atoms with Gasteiger partial charge in [-0.15, -0.1) is 0 Å². The SMILES string of the molecule is O=C(NCc1ccccc1)c1cc2occc2n1CC1CCC1. The summed E-state index contributed by atoms with van der Waals surface area (Å²) in [6, 6.07) is 13.8. The van der Waals surface area contributed by atoms with Crippen molar-refractivity contribution in [1.29, 1.82) is 0 Å². The number of nitrogens with zero attached hydrogens (tertiary/aromatic N) is 1. The molecule has 1 fully saturated rings. The van der Waals surface area contributed by atoms with Crippen LogP contribution in [0.3, 0.4) is 0 Å². The highest BCUT2D eigenvalue weighted by molar-refractivity contribution is 5.97. The Morgan fingerprint density at radius 3 is 2.78 bits per heavy atom. The Hall–Kier alpha value is -2.49. The van der Waals surface area contributed by atoms with Crippen molar-refractivity contribution in [2.24, 2.45) is 5.92 Å². The molecule has 1 aromatic carbocycles. The molecule has 4 rings (SSSR count). The number of hydrogen-bond donors (Lipinski definition) is 1. The van der Waals surface area contributed by atoms with Crippen LogP contribution in [0.25, 0.3) is 11.1 Å². The zero-order valence-corrected chi connectivity index (χ0v) is 13.0. The summed E-state index contributed by atoms with van der Waals surface area (Å²) in [5.41, 5.74) is 3.60. The number of furan rings is 1. The molecule has 0 unspecified atom stereocenters. The third kappa shape index (κ3) is 2.77. The van der Waals surface area contributed by atoms with Crippen molar-refractivity contribution in [3.63, 3.8) is 0 Å². The summed E-state index contributed by atoms with van der Waals surface area (Å²) in [5, 5.41) is 3.01. The van der Waals surface area contributed by atoms with E-state index < -0.39 is 0 Å². The number of benzene rings is 1. The maximum atomic E-state index is 12.6. The fraction of sp³-hybridized carbons (Fsp3) is 0.316. The average Bonchev–Trinajstić information content (AvgIpc) is 3.11. The zero-order chi connectivity index (χ0) is 15.6. The molecule has 0 spiro atoms. The topological polar surface area (TPSA) is 47.2 Å². The van der Waals surface area contributed by atoms with Crippen molar-refractivity contribution < 1.29 is 9.21 Å². The lowest BCUT2D eigenvalue weighted by molar-refractivity contribution is 0.0939. The second-order valence-corrected chi connectivity index (χ2v) is 6.28. The van der Waals surface area contributed by atoms with E-state index in [0.717, 1.165) is 23.2 Å². The van der Waals surface area contributed by atoms with E-state index in [-0.39, 0.29) is 5.91 Å². The van der Waals surface area contributed by atoms with Crippen LogP contribution >= 0.6 is 0 Å². The number of aromatic nitrogens is 1. The maximum Gasteiger partial charge on any atom is 0.268 e. The van der Waals surface area contributed by atoms with Gasteiger partial charge in [0.1, 0.15) is 5.69 Å². The normalized spacial score (nSPS) is 14.8. The van der Waals surface area contributed by atoms with Crippen molar-refractivity contribution in [1.82, 2.24) is 9.88 Å². The number of fused-ring (bicyclic) bond motifs is 1. The molecule has 3 aromatic rings. The Bertz CT molecular complexity index is 812. The smallest absolute Gasteiger partial charge is 0.268 e. The van der Waals surface area contributed by atoms with Gasteiger partial charge in [-0.1, -0.05) is 36.8 Å². The highest BCUT2D eigenvalue weighted by atomic mass is 16.3. The van der Waals surface area contributed by atoms with E-state index in [1.54, 1.807) is 6.26 Å². The van der Waals surface area contributed by atoms with E-state index in [2.05, 4.69) is 9.88 Å². The van der Waals surface area contributed by atoms with Crippen molar-refractivity contribution in [2.75, 3.05) is 0 Å². The summed E-state index contributed by atoms with van der Waals surface area (Å²) in [5.74, 6) is 0.640. The molecule has 0 radical (unpaired) electrons. The highest BCUT2D eigenvalue weighted by Gasteiger charge is 2.23. The zero-order valence-electron chi connectivity index (χ0n) is 13.0. The Morgan fingerprint density at radius 2 is 2.04 bits per heavy atom. The van der Waals surface area contributed by atoms with Gasteiger partial charge in [0.2, 0.25) is 0 Å². The Labute approximate surface area is 135 Å². The predicted octanol–water partition coefficient (Wildman–Crippen LogP) is 3.96. The second-order valence-electron chi connectivity index (χ2n) is 6.28. The Kier molecular flexibility index (Phi) is 3.66. The molecule has 2 aromatic heterocycles. The van der Waals surface area contributed by atoms with Gasteiger partial charge in [-0.25, -0.2) is 0 Å². The molecule has 0 bridgehead atoms. The molecule has 1 saturated carbocycles. The minimum atomic E-state index is -0.0421. The van der Waals surface area contributed by atoms with Gasteiger partial charge in [-0.05, 0) is 24.3 Å². The summed E-state index contributed by atoms with van der Waals surface area (Å²) >= 11 is 0. The fourth-order valence-corrected chi connectivity index (χ4v) is 3.16. The number of rotatable bonds is 5. The second kappa shape index (κ2) is 5.95. The molecule has 23 heavy (non-hydrogen) atoms. The lowest BCUT2D eigenvalue weighted by Gasteiger charge is -2.26. The molecule has 2 heterocycles. The lowest BCUT2D eigenvalue weighted by Crippen LogP contribution is -2.27. The minimum Gasteiger partial charge on any atom is -0.463 e. The van der Waals surface area contributed by atoms with E-state index in [9.17, 15) is 4.79 Å². The highest BCUT2D eigenvalue weighted by Crippen LogP contribution is 2.31. The van der Waals surface area contributed by atoms with Crippen molar-refractivity contribution in [2.45, 2.75) is 32.4 Å². The Balaban J connectivity index is 1.55. The monoisotopic (exact) mass is 308 g/mol. The largest absolute Gasteiger partial charge is 0.463 e. The van der Waals surface area contributed by atoms with Gasteiger partial charge in [-0.3, -0.25) is 4.79 Å². The van der Waals surface area contributed by atoms with Gasteiger partial charge in [-0.2, -0.15) is 0 Å². The first-order chi connectivity index (χ1) is 11.3. The van der Waals surface area contributed by atoms with Crippen LogP contribution in [0, 0.1) is 5.92 Å². The van der Waals surface area contributed by atoms with Crippen LogP contribution in [0.5, 0.6) is 0 Å².